The minimum absolute atomic E-state index is 0.637. The largest absolute Gasteiger partial charge is 0.495 e. The Hall–Kier alpha value is -2.01. The summed E-state index contributed by atoms with van der Waals surface area (Å²) in [5.41, 5.74) is 8.56. The number of nitrogen functional groups attached to an aromatic ring is 1. The maximum atomic E-state index is 5.87. The van der Waals surface area contributed by atoms with Gasteiger partial charge in [-0.25, -0.2) is 4.37 Å². The van der Waals surface area contributed by atoms with Crippen LogP contribution in [0.15, 0.2) is 30.5 Å². The van der Waals surface area contributed by atoms with E-state index in [2.05, 4.69) is 15.4 Å². The molecule has 86 valence electrons. The molecule has 0 amide bonds. The Morgan fingerprint density at radius 1 is 1.35 bits per heavy atom. The molecule has 3 N–H and O–H groups in total. The van der Waals surface area contributed by atoms with E-state index in [0.717, 1.165) is 21.5 Å². The Morgan fingerprint density at radius 2 is 2.24 bits per heavy atom. The van der Waals surface area contributed by atoms with Gasteiger partial charge in [0.05, 0.1) is 23.4 Å². The molecule has 2 aromatic heterocycles. The van der Waals surface area contributed by atoms with E-state index in [-0.39, 0.29) is 0 Å². The summed E-state index contributed by atoms with van der Waals surface area (Å²) < 4.78 is 9.30. The van der Waals surface area contributed by atoms with Crippen molar-refractivity contribution in [1.29, 1.82) is 0 Å². The van der Waals surface area contributed by atoms with Crippen LogP contribution in [-0.2, 0) is 0 Å². The molecule has 3 rings (SSSR count). The molecular formula is C12H11N3OS. The lowest BCUT2D eigenvalue weighted by atomic mass is 10.2. The second-order valence-corrected chi connectivity index (χ2v) is 4.57. The first kappa shape index (κ1) is 10.2. The summed E-state index contributed by atoms with van der Waals surface area (Å²) >= 11 is 1.46. The SMILES string of the molecule is COc1cc2cc(-c3ccns3)[nH]c2cc1N. The Labute approximate surface area is 102 Å². The van der Waals surface area contributed by atoms with Crippen molar-refractivity contribution in [3.05, 3.63) is 30.5 Å². The number of hydrogen-bond acceptors (Lipinski definition) is 4. The molecule has 0 bridgehead atoms. The van der Waals surface area contributed by atoms with Crippen molar-refractivity contribution in [1.82, 2.24) is 9.36 Å². The van der Waals surface area contributed by atoms with Gasteiger partial charge in [0.1, 0.15) is 5.75 Å². The lowest BCUT2D eigenvalue weighted by Crippen LogP contribution is -1.91. The lowest BCUT2D eigenvalue weighted by molar-refractivity contribution is 0.417. The van der Waals surface area contributed by atoms with Gasteiger partial charge in [-0.2, -0.15) is 0 Å². The first-order valence-corrected chi connectivity index (χ1v) is 5.92. The molecule has 0 unspecified atom stereocenters. The number of fused-ring (bicyclic) bond motifs is 1. The molecule has 0 radical (unpaired) electrons. The van der Waals surface area contributed by atoms with E-state index in [4.69, 9.17) is 10.5 Å². The standard InChI is InChI=1S/C12H11N3OS/c1-16-11-5-7-4-10(12-2-3-14-17-12)15-9(7)6-8(11)13/h2-6,15H,13H2,1H3. The van der Waals surface area contributed by atoms with Crippen LogP contribution < -0.4 is 10.5 Å². The van der Waals surface area contributed by atoms with Gasteiger partial charge >= 0.3 is 0 Å². The van der Waals surface area contributed by atoms with Crippen LogP contribution in [0, 0.1) is 0 Å². The molecule has 1 aromatic carbocycles. The summed E-state index contributed by atoms with van der Waals surface area (Å²) in [4.78, 5) is 4.43. The second-order valence-electron chi connectivity index (χ2n) is 3.74. The first-order chi connectivity index (χ1) is 8.28. The van der Waals surface area contributed by atoms with E-state index < -0.39 is 0 Å². The number of hydrogen-bond donors (Lipinski definition) is 2. The van der Waals surface area contributed by atoms with E-state index in [9.17, 15) is 0 Å². The second kappa shape index (κ2) is 3.78. The molecule has 0 atom stereocenters. The Morgan fingerprint density at radius 3 is 2.94 bits per heavy atom. The van der Waals surface area contributed by atoms with Crippen molar-refractivity contribution in [2.45, 2.75) is 0 Å². The zero-order chi connectivity index (χ0) is 11.8. The van der Waals surface area contributed by atoms with E-state index >= 15 is 0 Å². The quantitative estimate of drug-likeness (QED) is 0.682. The van der Waals surface area contributed by atoms with Gasteiger partial charge in [-0.15, -0.1) is 0 Å². The third kappa shape index (κ3) is 1.64. The van der Waals surface area contributed by atoms with Crippen LogP contribution in [0.2, 0.25) is 0 Å². The topological polar surface area (TPSA) is 63.9 Å². The number of H-pyrrole nitrogens is 1. The molecular weight excluding hydrogens is 234 g/mol. The van der Waals surface area contributed by atoms with E-state index in [1.54, 1.807) is 13.3 Å². The monoisotopic (exact) mass is 245 g/mol. The van der Waals surface area contributed by atoms with E-state index in [1.807, 2.05) is 18.2 Å². The third-order valence-electron chi connectivity index (χ3n) is 2.67. The number of nitrogens with zero attached hydrogens (tertiary/aromatic N) is 1. The number of benzene rings is 1. The van der Waals surface area contributed by atoms with Crippen molar-refractivity contribution in [2.24, 2.45) is 0 Å². The molecule has 0 aliphatic carbocycles. The summed E-state index contributed by atoms with van der Waals surface area (Å²) in [6.45, 7) is 0. The summed E-state index contributed by atoms with van der Waals surface area (Å²) in [7, 11) is 1.62. The average Bonchev–Trinajstić information content (AvgIpc) is 2.95. The third-order valence-corrected chi connectivity index (χ3v) is 3.45. The number of nitrogens with two attached hydrogens (primary N) is 1. The molecule has 0 aliphatic heterocycles. The minimum Gasteiger partial charge on any atom is -0.495 e. The van der Waals surface area contributed by atoms with Gasteiger partial charge in [0.25, 0.3) is 0 Å². The van der Waals surface area contributed by atoms with Crippen LogP contribution in [-0.4, -0.2) is 16.5 Å². The van der Waals surface area contributed by atoms with Crippen molar-refractivity contribution in [2.75, 3.05) is 12.8 Å². The highest BCUT2D eigenvalue weighted by Crippen LogP contribution is 2.31. The molecule has 0 aliphatic rings. The minimum atomic E-state index is 0.637. The van der Waals surface area contributed by atoms with Crippen LogP contribution in [0.25, 0.3) is 21.5 Å². The molecule has 5 heteroatoms. The Bertz CT molecular complexity index is 658. The summed E-state index contributed by atoms with van der Waals surface area (Å²) in [5, 5.41) is 1.08. The summed E-state index contributed by atoms with van der Waals surface area (Å²) in [6, 6.07) is 7.88. The molecule has 0 saturated heterocycles. The van der Waals surface area contributed by atoms with E-state index in [0.29, 0.717) is 11.4 Å². The molecule has 4 nitrogen and oxygen atoms in total. The fraction of sp³-hybridized carbons (Fsp3) is 0.0833. The van der Waals surface area contributed by atoms with Gasteiger partial charge in [-0.3, -0.25) is 0 Å². The normalized spacial score (nSPS) is 10.9. The predicted octanol–water partition coefficient (Wildman–Crippen LogP) is 2.88. The van der Waals surface area contributed by atoms with Gasteiger partial charge in [-0.1, -0.05) is 0 Å². The van der Waals surface area contributed by atoms with Crippen LogP contribution in [0.4, 0.5) is 5.69 Å². The fourth-order valence-electron chi connectivity index (χ4n) is 1.84. The summed E-state index contributed by atoms with van der Waals surface area (Å²) in [5.74, 6) is 0.701. The zero-order valence-electron chi connectivity index (χ0n) is 9.23. The molecule has 0 fully saturated rings. The molecule has 2 heterocycles. The summed E-state index contributed by atoms with van der Waals surface area (Å²) in [6.07, 6.45) is 1.79. The number of anilines is 1. The van der Waals surface area contributed by atoms with Crippen LogP contribution in [0.5, 0.6) is 5.75 Å². The highest BCUT2D eigenvalue weighted by atomic mass is 32.1. The number of ether oxygens (including phenoxy) is 1. The van der Waals surface area contributed by atoms with Crippen molar-refractivity contribution < 1.29 is 4.74 Å². The van der Waals surface area contributed by atoms with E-state index in [1.165, 1.54) is 11.5 Å². The number of nitrogens with one attached hydrogen (secondary N) is 1. The van der Waals surface area contributed by atoms with Gasteiger partial charge in [0.15, 0.2) is 0 Å². The lowest BCUT2D eigenvalue weighted by Gasteiger charge is -2.03. The van der Waals surface area contributed by atoms with Crippen LogP contribution >= 0.6 is 11.5 Å². The molecule has 0 spiro atoms. The maximum absolute atomic E-state index is 5.87. The van der Waals surface area contributed by atoms with Gasteiger partial charge < -0.3 is 15.5 Å². The first-order valence-electron chi connectivity index (χ1n) is 5.15. The van der Waals surface area contributed by atoms with Crippen molar-refractivity contribution >= 4 is 28.1 Å². The number of aromatic amines is 1. The zero-order valence-corrected chi connectivity index (χ0v) is 10.0. The van der Waals surface area contributed by atoms with Crippen LogP contribution in [0.1, 0.15) is 0 Å². The number of methoxy groups -OCH3 is 1. The fourth-order valence-corrected chi connectivity index (χ4v) is 2.41. The average molecular weight is 245 g/mol. The van der Waals surface area contributed by atoms with Gasteiger partial charge in [-0.05, 0) is 35.8 Å². The van der Waals surface area contributed by atoms with Gasteiger partial charge in [0.2, 0.25) is 0 Å². The Balaban J connectivity index is 2.19. The highest BCUT2D eigenvalue weighted by molar-refractivity contribution is 7.09. The smallest absolute Gasteiger partial charge is 0.142 e. The number of aromatic nitrogens is 2. The van der Waals surface area contributed by atoms with Crippen LogP contribution in [0.3, 0.4) is 0 Å². The van der Waals surface area contributed by atoms with Crippen molar-refractivity contribution in [3.63, 3.8) is 0 Å². The Kier molecular flexibility index (Phi) is 2.26. The number of rotatable bonds is 2. The maximum Gasteiger partial charge on any atom is 0.142 e. The van der Waals surface area contributed by atoms with Crippen molar-refractivity contribution in [3.8, 4) is 16.3 Å². The van der Waals surface area contributed by atoms with Gasteiger partial charge in [0, 0.05) is 17.1 Å². The molecule has 0 saturated carbocycles. The molecule has 3 aromatic rings. The predicted molar refractivity (Wildman–Crippen MR) is 70.4 cm³/mol. The molecule has 17 heavy (non-hydrogen) atoms. The highest BCUT2D eigenvalue weighted by Gasteiger charge is 2.08.